The molecule has 8 nitrogen and oxygen atoms in total. The Bertz CT molecular complexity index is 870. The van der Waals surface area contributed by atoms with Crippen LogP contribution in [0.4, 0.5) is 4.79 Å². The van der Waals surface area contributed by atoms with Crippen LogP contribution in [0.2, 0.25) is 0 Å². The average Bonchev–Trinajstić information content (AvgIpc) is 2.93. The quantitative estimate of drug-likeness (QED) is 0.302. The summed E-state index contributed by atoms with van der Waals surface area (Å²) in [7, 11) is 0. The smallest absolute Gasteiger partial charge is 0.314 e. The normalized spacial score (nSPS) is 19.4. The van der Waals surface area contributed by atoms with Gasteiger partial charge in [0, 0.05) is 39.3 Å². The molecule has 0 radical (unpaired) electrons. The van der Waals surface area contributed by atoms with E-state index >= 15 is 0 Å². The fraction of sp³-hybridized carbons (Fsp3) is 0.700. The molecule has 2 heterocycles. The third-order valence-corrected chi connectivity index (χ3v) is 8.02. The second kappa shape index (κ2) is 15.7. The standard InChI is InChI=1S/C30H49N5O3/c1-3-5-6-11-19-31-29(38)32-20-12-10-15-26-27(36)35(21-4-2)30(28(37)33-26)17-23-34(24-18-30)22-16-25-13-8-7-9-14-25/h7-9,13-14,26H,3-6,10-12,15-24H2,1-2H3,(H,33,37)(H2,31,32,38)/t26-/m0/s1. The summed E-state index contributed by atoms with van der Waals surface area (Å²) in [5.41, 5.74) is 0.607. The predicted molar refractivity (Wildman–Crippen MR) is 152 cm³/mol. The van der Waals surface area contributed by atoms with E-state index < -0.39 is 11.6 Å². The van der Waals surface area contributed by atoms with Gasteiger partial charge in [-0.15, -0.1) is 0 Å². The Kier molecular flexibility index (Phi) is 12.4. The average molecular weight is 528 g/mol. The number of hydrogen-bond donors (Lipinski definition) is 3. The Hall–Kier alpha value is -2.61. The fourth-order valence-electron chi connectivity index (χ4n) is 5.69. The van der Waals surface area contributed by atoms with Crippen LogP contribution in [0, 0.1) is 0 Å². The Morgan fingerprint density at radius 2 is 1.61 bits per heavy atom. The molecule has 1 spiro atoms. The molecule has 4 amide bonds. The van der Waals surface area contributed by atoms with Crippen molar-refractivity contribution in [3.63, 3.8) is 0 Å². The number of amides is 4. The largest absolute Gasteiger partial charge is 0.342 e. The highest BCUT2D eigenvalue weighted by molar-refractivity contribution is 6.00. The summed E-state index contributed by atoms with van der Waals surface area (Å²) in [5.74, 6) is 0.0702. The van der Waals surface area contributed by atoms with Crippen molar-refractivity contribution in [1.82, 2.24) is 25.8 Å². The lowest BCUT2D eigenvalue weighted by Crippen LogP contribution is -2.72. The maximum atomic E-state index is 13.5. The number of likely N-dealkylation sites (tertiary alicyclic amines) is 1. The fourth-order valence-corrected chi connectivity index (χ4v) is 5.69. The lowest BCUT2D eigenvalue weighted by atomic mass is 9.81. The Morgan fingerprint density at radius 3 is 2.26 bits per heavy atom. The number of hydrogen-bond acceptors (Lipinski definition) is 4. The number of rotatable bonds is 15. The Labute approximate surface area is 229 Å². The first-order valence-corrected chi connectivity index (χ1v) is 14.9. The van der Waals surface area contributed by atoms with Crippen molar-refractivity contribution in [3.8, 4) is 0 Å². The Balaban J connectivity index is 1.42. The van der Waals surface area contributed by atoms with E-state index in [-0.39, 0.29) is 17.8 Å². The van der Waals surface area contributed by atoms with E-state index in [0.717, 1.165) is 58.2 Å². The zero-order chi connectivity index (χ0) is 27.2. The number of carbonyl (C=O) groups is 3. The number of nitrogens with zero attached hydrogens (tertiary/aromatic N) is 2. The van der Waals surface area contributed by atoms with Crippen LogP contribution in [-0.2, 0) is 16.0 Å². The summed E-state index contributed by atoms with van der Waals surface area (Å²) < 4.78 is 0. The highest BCUT2D eigenvalue weighted by atomic mass is 16.2. The van der Waals surface area contributed by atoms with Crippen molar-refractivity contribution in [2.75, 3.05) is 39.3 Å². The van der Waals surface area contributed by atoms with Crippen LogP contribution in [-0.4, -0.2) is 78.5 Å². The molecule has 0 aromatic heterocycles. The van der Waals surface area contributed by atoms with Crippen molar-refractivity contribution in [1.29, 1.82) is 0 Å². The van der Waals surface area contributed by atoms with E-state index in [4.69, 9.17) is 0 Å². The minimum atomic E-state index is -0.719. The number of benzene rings is 1. The van der Waals surface area contributed by atoms with Crippen LogP contribution < -0.4 is 16.0 Å². The Morgan fingerprint density at radius 1 is 0.921 bits per heavy atom. The topological polar surface area (TPSA) is 93.8 Å². The molecule has 0 unspecified atom stereocenters. The minimum Gasteiger partial charge on any atom is -0.342 e. The first-order valence-electron chi connectivity index (χ1n) is 14.9. The first kappa shape index (κ1) is 29.9. The van der Waals surface area contributed by atoms with Gasteiger partial charge in [-0.2, -0.15) is 0 Å². The highest BCUT2D eigenvalue weighted by Crippen LogP contribution is 2.34. The number of piperazine rings is 1. The van der Waals surface area contributed by atoms with E-state index in [1.54, 1.807) is 0 Å². The van der Waals surface area contributed by atoms with Crippen molar-refractivity contribution in [2.45, 2.75) is 96.1 Å². The molecule has 38 heavy (non-hydrogen) atoms. The third kappa shape index (κ3) is 8.45. The van der Waals surface area contributed by atoms with Crippen molar-refractivity contribution in [3.05, 3.63) is 35.9 Å². The molecular formula is C30H49N5O3. The number of carbonyl (C=O) groups excluding carboxylic acids is 3. The van der Waals surface area contributed by atoms with Gasteiger partial charge in [0.1, 0.15) is 11.6 Å². The predicted octanol–water partition coefficient (Wildman–Crippen LogP) is 3.85. The van der Waals surface area contributed by atoms with Crippen LogP contribution in [0.1, 0.15) is 83.6 Å². The number of nitrogens with one attached hydrogen (secondary N) is 3. The van der Waals surface area contributed by atoms with Gasteiger partial charge >= 0.3 is 6.03 Å². The van der Waals surface area contributed by atoms with E-state index in [1.807, 2.05) is 11.0 Å². The summed E-state index contributed by atoms with van der Waals surface area (Å²) >= 11 is 0. The highest BCUT2D eigenvalue weighted by Gasteiger charge is 2.52. The molecule has 0 aliphatic carbocycles. The van der Waals surface area contributed by atoms with Crippen LogP contribution in [0.3, 0.4) is 0 Å². The van der Waals surface area contributed by atoms with Crippen molar-refractivity contribution < 1.29 is 14.4 Å². The molecule has 1 aromatic rings. The second-order valence-corrected chi connectivity index (χ2v) is 10.9. The molecule has 2 fully saturated rings. The molecule has 3 N–H and O–H groups in total. The molecule has 1 atom stereocenters. The summed E-state index contributed by atoms with van der Waals surface area (Å²) in [5, 5.41) is 8.87. The number of urea groups is 1. The van der Waals surface area contributed by atoms with Crippen molar-refractivity contribution in [2.24, 2.45) is 0 Å². The van der Waals surface area contributed by atoms with Crippen LogP contribution >= 0.6 is 0 Å². The zero-order valence-corrected chi connectivity index (χ0v) is 23.6. The zero-order valence-electron chi connectivity index (χ0n) is 23.6. The molecule has 2 aliphatic rings. The van der Waals surface area contributed by atoms with Gasteiger partial charge in [0.15, 0.2) is 0 Å². The van der Waals surface area contributed by atoms with Gasteiger partial charge < -0.3 is 25.8 Å². The molecule has 1 aromatic carbocycles. The molecule has 0 bridgehead atoms. The summed E-state index contributed by atoms with van der Waals surface area (Å²) in [4.78, 5) is 43.2. The van der Waals surface area contributed by atoms with E-state index in [2.05, 4.69) is 59.0 Å². The van der Waals surface area contributed by atoms with Crippen LogP contribution in [0.15, 0.2) is 30.3 Å². The lowest BCUT2D eigenvalue weighted by Gasteiger charge is -2.51. The van der Waals surface area contributed by atoms with Crippen molar-refractivity contribution >= 4 is 17.8 Å². The number of unbranched alkanes of at least 4 members (excludes halogenated alkanes) is 4. The van der Waals surface area contributed by atoms with E-state index in [9.17, 15) is 14.4 Å². The summed E-state index contributed by atoms with van der Waals surface area (Å²) in [6, 6.07) is 9.89. The van der Waals surface area contributed by atoms with E-state index in [0.29, 0.717) is 38.9 Å². The van der Waals surface area contributed by atoms with Crippen LogP contribution in [0.25, 0.3) is 0 Å². The van der Waals surface area contributed by atoms with Gasteiger partial charge in [-0.3, -0.25) is 9.59 Å². The molecule has 3 rings (SSSR count). The summed E-state index contributed by atoms with van der Waals surface area (Å²) in [6.07, 6.45) is 9.87. The molecule has 8 heteroatoms. The number of piperidine rings is 1. The third-order valence-electron chi connectivity index (χ3n) is 8.02. The molecule has 2 aliphatic heterocycles. The molecule has 2 saturated heterocycles. The lowest BCUT2D eigenvalue weighted by molar-refractivity contribution is -0.161. The molecular weight excluding hydrogens is 478 g/mol. The monoisotopic (exact) mass is 527 g/mol. The van der Waals surface area contributed by atoms with Gasteiger partial charge in [-0.1, -0.05) is 63.4 Å². The molecule has 212 valence electrons. The van der Waals surface area contributed by atoms with Crippen LogP contribution in [0.5, 0.6) is 0 Å². The van der Waals surface area contributed by atoms with Gasteiger partial charge in [0.2, 0.25) is 11.8 Å². The minimum absolute atomic E-state index is 0.0128. The van der Waals surface area contributed by atoms with Gasteiger partial charge in [-0.05, 0) is 56.9 Å². The molecule has 0 saturated carbocycles. The van der Waals surface area contributed by atoms with Gasteiger partial charge in [-0.25, -0.2) is 4.79 Å². The first-order chi connectivity index (χ1) is 18.5. The summed E-state index contributed by atoms with van der Waals surface area (Å²) in [6.45, 7) is 8.74. The second-order valence-electron chi connectivity index (χ2n) is 10.9. The maximum Gasteiger partial charge on any atom is 0.314 e. The SMILES string of the molecule is CCCCCCNC(=O)NCCCC[C@@H]1NC(=O)C2(CCN(CCc3ccccc3)CC2)N(CCC)C1=O. The maximum absolute atomic E-state index is 13.5. The van der Waals surface area contributed by atoms with Gasteiger partial charge in [0.05, 0.1) is 0 Å². The van der Waals surface area contributed by atoms with E-state index in [1.165, 1.54) is 18.4 Å². The van der Waals surface area contributed by atoms with Gasteiger partial charge in [0.25, 0.3) is 0 Å².